The van der Waals surface area contributed by atoms with Crippen LogP contribution in [0.5, 0.6) is 0 Å². The Morgan fingerprint density at radius 1 is 0.361 bits per heavy atom. The number of hydrogen-bond donors (Lipinski definition) is 0. The van der Waals surface area contributed by atoms with E-state index in [4.69, 9.17) is 14.2 Å². The molecule has 0 rings (SSSR count). The van der Waals surface area contributed by atoms with Crippen LogP contribution in [-0.4, -0.2) is 37.2 Å². The van der Waals surface area contributed by atoms with Crippen molar-refractivity contribution in [1.29, 1.82) is 0 Å². The van der Waals surface area contributed by atoms with Crippen LogP contribution in [0.1, 0.15) is 162 Å². The number of ether oxygens (including phenoxy) is 3. The van der Waals surface area contributed by atoms with Crippen LogP contribution in [0.25, 0.3) is 0 Å². The highest BCUT2D eigenvalue weighted by Crippen LogP contribution is 2.10. The molecule has 0 heterocycles. The van der Waals surface area contributed by atoms with Crippen molar-refractivity contribution in [2.75, 3.05) is 13.2 Å². The molecule has 1 unspecified atom stereocenters. The molecule has 0 bridgehead atoms. The number of esters is 3. The van der Waals surface area contributed by atoms with Crippen molar-refractivity contribution >= 4 is 17.9 Å². The Kier molecular flexibility index (Phi) is 44.3. The van der Waals surface area contributed by atoms with E-state index in [1.54, 1.807) is 0 Å². The van der Waals surface area contributed by atoms with Crippen LogP contribution < -0.4 is 0 Å². The fourth-order valence-electron chi connectivity index (χ4n) is 5.59. The van der Waals surface area contributed by atoms with Crippen molar-refractivity contribution in [2.45, 2.75) is 168 Å². The van der Waals surface area contributed by atoms with Crippen LogP contribution in [0.2, 0.25) is 0 Å². The average molecular weight is 839 g/mol. The summed E-state index contributed by atoms with van der Waals surface area (Å²) in [4.78, 5) is 37.8. The van der Waals surface area contributed by atoms with Gasteiger partial charge in [0.25, 0.3) is 0 Å². The molecular formula is C55H82O6. The van der Waals surface area contributed by atoms with Gasteiger partial charge in [0.1, 0.15) is 13.2 Å². The molecule has 0 saturated carbocycles. The molecule has 61 heavy (non-hydrogen) atoms. The minimum atomic E-state index is -0.846. The predicted octanol–water partition coefficient (Wildman–Crippen LogP) is 15.3. The Bertz CT molecular complexity index is 1430. The van der Waals surface area contributed by atoms with Gasteiger partial charge in [-0.1, -0.05) is 212 Å². The Hall–Kier alpha value is -4.71. The number of allylic oxidation sites excluding steroid dienone is 24. The normalized spacial score (nSPS) is 13.4. The highest BCUT2D eigenvalue weighted by atomic mass is 16.6. The van der Waals surface area contributed by atoms with E-state index < -0.39 is 6.10 Å². The third-order valence-corrected chi connectivity index (χ3v) is 9.08. The van der Waals surface area contributed by atoms with E-state index >= 15 is 0 Å². The van der Waals surface area contributed by atoms with Gasteiger partial charge in [-0.05, 0) is 77.0 Å². The average Bonchev–Trinajstić information content (AvgIpc) is 3.26. The molecule has 6 nitrogen and oxygen atoms in total. The van der Waals surface area contributed by atoms with Gasteiger partial charge in [0.15, 0.2) is 6.10 Å². The highest BCUT2D eigenvalue weighted by Gasteiger charge is 2.19. The molecular weight excluding hydrogens is 757 g/mol. The zero-order valence-electron chi connectivity index (χ0n) is 38.4. The molecule has 0 aromatic heterocycles. The SMILES string of the molecule is CC/C=C/C=C/C=C/C=C/C=C/CCCCCC(=O)OCC(COC(=O)CC/C=C/C/C=C/CCCCCCCC)OC(=O)CCCCC/C=C/C=C/C=C/C=C/C=C/CC. The van der Waals surface area contributed by atoms with E-state index in [9.17, 15) is 14.4 Å². The lowest BCUT2D eigenvalue weighted by Gasteiger charge is -2.18. The van der Waals surface area contributed by atoms with Gasteiger partial charge in [-0.3, -0.25) is 14.4 Å². The van der Waals surface area contributed by atoms with Crippen molar-refractivity contribution in [1.82, 2.24) is 0 Å². The molecule has 0 aliphatic carbocycles. The fraction of sp³-hybridized carbons (Fsp3) is 0.509. The van der Waals surface area contributed by atoms with Crippen LogP contribution in [0.15, 0.2) is 146 Å². The van der Waals surface area contributed by atoms with E-state index in [0.29, 0.717) is 19.3 Å². The maximum atomic E-state index is 12.7. The van der Waals surface area contributed by atoms with Gasteiger partial charge in [-0.15, -0.1) is 0 Å². The third-order valence-electron chi connectivity index (χ3n) is 9.08. The second-order valence-corrected chi connectivity index (χ2v) is 14.8. The first-order chi connectivity index (χ1) is 30.0. The van der Waals surface area contributed by atoms with E-state index in [-0.39, 0.29) is 50.4 Å². The minimum Gasteiger partial charge on any atom is -0.462 e. The monoisotopic (exact) mass is 839 g/mol. The molecule has 0 spiro atoms. The molecule has 0 aromatic carbocycles. The summed E-state index contributed by atoms with van der Waals surface area (Å²) in [5.41, 5.74) is 0. The first kappa shape index (κ1) is 56.3. The van der Waals surface area contributed by atoms with Crippen molar-refractivity contribution in [3.05, 3.63) is 146 Å². The smallest absolute Gasteiger partial charge is 0.306 e. The number of carbonyl (C=O) groups is 3. The largest absolute Gasteiger partial charge is 0.462 e. The Morgan fingerprint density at radius 2 is 0.738 bits per heavy atom. The van der Waals surface area contributed by atoms with Crippen LogP contribution >= 0.6 is 0 Å². The molecule has 338 valence electrons. The summed E-state index contributed by atoms with van der Waals surface area (Å²) >= 11 is 0. The van der Waals surface area contributed by atoms with E-state index in [1.165, 1.54) is 38.5 Å². The minimum absolute atomic E-state index is 0.142. The van der Waals surface area contributed by atoms with Crippen molar-refractivity contribution in [3.63, 3.8) is 0 Å². The van der Waals surface area contributed by atoms with Gasteiger partial charge in [0.2, 0.25) is 0 Å². The van der Waals surface area contributed by atoms with Gasteiger partial charge < -0.3 is 14.2 Å². The zero-order chi connectivity index (χ0) is 44.4. The third kappa shape index (κ3) is 46.2. The zero-order valence-corrected chi connectivity index (χ0v) is 38.4. The number of carbonyl (C=O) groups excluding carboxylic acids is 3. The highest BCUT2D eigenvalue weighted by molar-refractivity contribution is 5.71. The van der Waals surface area contributed by atoms with Gasteiger partial charge >= 0.3 is 17.9 Å². The van der Waals surface area contributed by atoms with Crippen molar-refractivity contribution in [3.8, 4) is 0 Å². The Balaban J connectivity index is 4.67. The lowest BCUT2D eigenvalue weighted by atomic mass is 10.1. The number of rotatable bonds is 39. The van der Waals surface area contributed by atoms with E-state index in [1.807, 2.05) is 103 Å². The van der Waals surface area contributed by atoms with Gasteiger partial charge in [-0.25, -0.2) is 0 Å². The topological polar surface area (TPSA) is 78.9 Å². The second-order valence-electron chi connectivity index (χ2n) is 14.8. The molecule has 0 radical (unpaired) electrons. The molecule has 0 amide bonds. The van der Waals surface area contributed by atoms with Crippen molar-refractivity contribution in [2.24, 2.45) is 0 Å². The van der Waals surface area contributed by atoms with Crippen LogP contribution in [0.3, 0.4) is 0 Å². The molecule has 0 aliphatic heterocycles. The molecule has 0 aromatic rings. The lowest BCUT2D eigenvalue weighted by molar-refractivity contribution is -0.166. The van der Waals surface area contributed by atoms with Crippen molar-refractivity contribution < 1.29 is 28.6 Å². The number of hydrogen-bond acceptors (Lipinski definition) is 6. The molecule has 6 heteroatoms. The van der Waals surface area contributed by atoms with Crippen LogP contribution in [-0.2, 0) is 28.6 Å². The van der Waals surface area contributed by atoms with E-state index in [0.717, 1.165) is 64.2 Å². The first-order valence-electron chi connectivity index (χ1n) is 23.5. The summed E-state index contributed by atoms with van der Waals surface area (Å²) in [5.74, 6) is -1.11. The maximum Gasteiger partial charge on any atom is 0.306 e. The van der Waals surface area contributed by atoms with Gasteiger partial charge in [0, 0.05) is 19.3 Å². The number of unbranched alkanes of at least 4 members (excludes halogenated alkanes) is 12. The Labute approximate surface area is 372 Å². The quantitative estimate of drug-likeness (QED) is 0.0202. The molecule has 0 saturated heterocycles. The summed E-state index contributed by atoms with van der Waals surface area (Å²) in [7, 11) is 0. The maximum absolute atomic E-state index is 12.7. The Morgan fingerprint density at radius 3 is 1.23 bits per heavy atom. The standard InChI is InChI=1S/C55H82O6/c1-4-7-10-13-16-19-22-25-27-30-33-36-39-42-45-48-54(57)60-51-52(50-59-53(56)47-44-41-38-35-32-29-24-21-18-15-12-9-6-3)61-55(58)49-46-43-40-37-34-31-28-26-23-20-17-14-11-8-5-2/h7-8,10-11,13-14,16-17,19-20,22-23,25-34,38,41,52H,4-6,9,12,15,18,21,24,35-37,39-40,42-51H2,1-3H3/b10-7+,11-8+,16-13+,17-14+,22-19+,23-20+,27-25+,28-26+,32-29+,33-30+,34-31+,41-38+. The fourth-order valence-corrected chi connectivity index (χ4v) is 5.59. The summed E-state index contributed by atoms with van der Waals surface area (Å²) < 4.78 is 16.6. The van der Waals surface area contributed by atoms with Crippen LogP contribution in [0.4, 0.5) is 0 Å². The second kappa shape index (κ2) is 48.0. The summed E-state index contributed by atoms with van der Waals surface area (Å²) in [5, 5.41) is 0. The predicted molar refractivity (Wildman–Crippen MR) is 260 cm³/mol. The molecule has 1 atom stereocenters. The van der Waals surface area contributed by atoms with Gasteiger partial charge in [0.05, 0.1) is 0 Å². The van der Waals surface area contributed by atoms with E-state index in [2.05, 4.69) is 63.3 Å². The van der Waals surface area contributed by atoms with Crippen LogP contribution in [0, 0.1) is 0 Å². The molecule has 0 N–H and O–H groups in total. The molecule has 0 aliphatic rings. The summed E-state index contributed by atoms with van der Waals surface area (Å²) in [6, 6.07) is 0. The summed E-state index contributed by atoms with van der Waals surface area (Å²) in [6.45, 7) is 6.17. The summed E-state index contributed by atoms with van der Waals surface area (Å²) in [6.07, 6.45) is 68.4. The lowest BCUT2D eigenvalue weighted by Crippen LogP contribution is -2.30. The first-order valence-corrected chi connectivity index (χ1v) is 23.5. The van der Waals surface area contributed by atoms with Gasteiger partial charge in [-0.2, -0.15) is 0 Å². The molecule has 0 fully saturated rings.